The standard InChI is InChI=1S/C17H19F3N4OS2/c18-17(19,20)12-8-4-5-9-13(12)22-15-23-24-16(27-15)26-10-14(25)21-11-6-2-1-3-7-11/h4-5,8-9,11H,1-3,6-7,10H2,(H,21,25)(H,22,23). The molecule has 1 saturated carbocycles. The molecule has 0 radical (unpaired) electrons. The largest absolute Gasteiger partial charge is 0.418 e. The summed E-state index contributed by atoms with van der Waals surface area (Å²) in [6.45, 7) is 0. The lowest BCUT2D eigenvalue weighted by atomic mass is 9.95. The van der Waals surface area contributed by atoms with E-state index in [-0.39, 0.29) is 28.5 Å². The zero-order valence-electron chi connectivity index (χ0n) is 14.4. The lowest BCUT2D eigenvalue weighted by Gasteiger charge is -2.22. The van der Waals surface area contributed by atoms with Crippen molar-refractivity contribution in [2.75, 3.05) is 11.1 Å². The van der Waals surface area contributed by atoms with Gasteiger partial charge in [0.25, 0.3) is 0 Å². The van der Waals surface area contributed by atoms with Gasteiger partial charge < -0.3 is 10.6 Å². The van der Waals surface area contributed by atoms with Crippen LogP contribution in [0.2, 0.25) is 0 Å². The third-order valence-corrected chi connectivity index (χ3v) is 6.15. The molecule has 1 aliphatic carbocycles. The van der Waals surface area contributed by atoms with E-state index < -0.39 is 11.7 Å². The number of benzene rings is 1. The van der Waals surface area contributed by atoms with Gasteiger partial charge in [-0.15, -0.1) is 10.2 Å². The number of hydrogen-bond donors (Lipinski definition) is 2. The molecule has 27 heavy (non-hydrogen) atoms. The van der Waals surface area contributed by atoms with Gasteiger partial charge in [0.1, 0.15) is 0 Å². The molecule has 3 rings (SSSR count). The Labute approximate surface area is 163 Å². The molecule has 0 unspecified atom stereocenters. The normalized spacial score (nSPS) is 15.5. The minimum Gasteiger partial charge on any atom is -0.353 e. The van der Waals surface area contributed by atoms with Crippen LogP contribution in [0.1, 0.15) is 37.7 Å². The van der Waals surface area contributed by atoms with Crippen molar-refractivity contribution in [1.29, 1.82) is 0 Å². The number of halogens is 3. The monoisotopic (exact) mass is 416 g/mol. The highest BCUT2D eigenvalue weighted by Gasteiger charge is 2.33. The molecule has 1 aromatic heterocycles. The molecule has 2 aromatic rings. The van der Waals surface area contributed by atoms with Crippen molar-refractivity contribution in [2.24, 2.45) is 0 Å². The van der Waals surface area contributed by atoms with Crippen molar-refractivity contribution < 1.29 is 18.0 Å². The fourth-order valence-corrected chi connectivity index (χ4v) is 4.49. The first kappa shape index (κ1) is 19.9. The van der Waals surface area contributed by atoms with E-state index in [1.165, 1.54) is 36.4 Å². The van der Waals surface area contributed by atoms with E-state index in [2.05, 4.69) is 20.8 Å². The zero-order valence-corrected chi connectivity index (χ0v) is 16.0. The number of anilines is 2. The number of nitrogens with zero attached hydrogens (tertiary/aromatic N) is 2. The van der Waals surface area contributed by atoms with Gasteiger partial charge in [0.05, 0.1) is 17.0 Å². The first-order chi connectivity index (χ1) is 12.9. The second-order valence-corrected chi connectivity index (χ2v) is 8.43. The van der Waals surface area contributed by atoms with Crippen molar-refractivity contribution in [3.63, 3.8) is 0 Å². The van der Waals surface area contributed by atoms with Gasteiger partial charge in [0.2, 0.25) is 11.0 Å². The smallest absolute Gasteiger partial charge is 0.353 e. The zero-order chi connectivity index (χ0) is 19.3. The molecule has 0 spiro atoms. The summed E-state index contributed by atoms with van der Waals surface area (Å²) < 4.78 is 39.6. The summed E-state index contributed by atoms with van der Waals surface area (Å²) in [4.78, 5) is 12.0. The van der Waals surface area contributed by atoms with Crippen molar-refractivity contribution in [3.8, 4) is 0 Å². The number of rotatable bonds is 6. The number of thioether (sulfide) groups is 1. The summed E-state index contributed by atoms with van der Waals surface area (Å²) in [6.07, 6.45) is 1.08. The highest BCUT2D eigenvalue weighted by atomic mass is 32.2. The van der Waals surface area contributed by atoms with Crippen LogP contribution >= 0.6 is 23.1 Å². The van der Waals surface area contributed by atoms with Gasteiger partial charge in [0.15, 0.2) is 4.34 Å². The summed E-state index contributed by atoms with van der Waals surface area (Å²) >= 11 is 2.35. The van der Waals surface area contributed by atoms with E-state index in [4.69, 9.17) is 0 Å². The van der Waals surface area contributed by atoms with E-state index in [0.717, 1.165) is 43.1 Å². The maximum absolute atomic E-state index is 13.0. The van der Waals surface area contributed by atoms with E-state index >= 15 is 0 Å². The quantitative estimate of drug-likeness (QED) is 0.660. The van der Waals surface area contributed by atoms with Gasteiger partial charge in [-0.05, 0) is 25.0 Å². The van der Waals surface area contributed by atoms with Crippen molar-refractivity contribution in [3.05, 3.63) is 29.8 Å². The van der Waals surface area contributed by atoms with Crippen molar-refractivity contribution in [2.45, 2.75) is 48.7 Å². The molecule has 0 aliphatic heterocycles. The molecular formula is C17H19F3N4OS2. The molecule has 1 aliphatic rings. The maximum atomic E-state index is 13.0. The highest BCUT2D eigenvalue weighted by molar-refractivity contribution is 8.01. The van der Waals surface area contributed by atoms with Crippen molar-refractivity contribution in [1.82, 2.24) is 15.5 Å². The summed E-state index contributed by atoms with van der Waals surface area (Å²) in [5.41, 5.74) is -0.839. The average molecular weight is 416 g/mol. The van der Waals surface area contributed by atoms with Crippen molar-refractivity contribution >= 4 is 39.8 Å². The van der Waals surface area contributed by atoms with Gasteiger partial charge >= 0.3 is 6.18 Å². The Hall–Kier alpha value is -1.81. The predicted octanol–water partition coefficient (Wildman–Crippen LogP) is 4.84. The Morgan fingerprint density at radius 1 is 1.19 bits per heavy atom. The predicted molar refractivity (Wildman–Crippen MR) is 100 cm³/mol. The molecule has 1 amide bonds. The molecule has 10 heteroatoms. The summed E-state index contributed by atoms with van der Waals surface area (Å²) in [5.74, 6) is 0.156. The van der Waals surface area contributed by atoms with E-state index in [1.54, 1.807) is 0 Å². The van der Waals surface area contributed by atoms with Crippen LogP contribution in [0.15, 0.2) is 28.6 Å². The molecule has 5 nitrogen and oxygen atoms in total. The Morgan fingerprint density at radius 2 is 1.93 bits per heavy atom. The Kier molecular flexibility index (Phi) is 6.59. The number of aromatic nitrogens is 2. The average Bonchev–Trinajstić information content (AvgIpc) is 3.08. The summed E-state index contributed by atoms with van der Waals surface area (Å²) in [6, 6.07) is 5.45. The van der Waals surface area contributed by atoms with Gasteiger partial charge in [-0.1, -0.05) is 54.5 Å². The second-order valence-electron chi connectivity index (χ2n) is 6.23. The molecule has 1 aromatic carbocycles. The number of nitrogens with one attached hydrogen (secondary N) is 2. The van der Waals surface area contributed by atoms with Crippen LogP contribution in [-0.2, 0) is 11.0 Å². The molecule has 0 atom stereocenters. The molecule has 0 saturated heterocycles. The van der Waals surface area contributed by atoms with Gasteiger partial charge in [-0.3, -0.25) is 4.79 Å². The molecular weight excluding hydrogens is 397 g/mol. The number of hydrogen-bond acceptors (Lipinski definition) is 6. The molecule has 0 bridgehead atoms. The Balaban J connectivity index is 1.54. The number of carbonyl (C=O) groups excluding carboxylic acids is 1. The van der Waals surface area contributed by atoms with Crippen LogP contribution in [0.5, 0.6) is 0 Å². The van der Waals surface area contributed by atoms with Crippen LogP contribution in [0, 0.1) is 0 Å². The van der Waals surface area contributed by atoms with E-state index in [1.807, 2.05) is 0 Å². The minimum atomic E-state index is -4.46. The molecule has 146 valence electrons. The number of para-hydroxylation sites is 1. The Morgan fingerprint density at radius 3 is 2.67 bits per heavy atom. The fraction of sp³-hybridized carbons (Fsp3) is 0.471. The van der Waals surface area contributed by atoms with E-state index in [9.17, 15) is 18.0 Å². The van der Waals surface area contributed by atoms with E-state index in [0.29, 0.717) is 4.34 Å². The van der Waals surface area contributed by atoms with Crippen LogP contribution in [0.4, 0.5) is 24.0 Å². The van der Waals surface area contributed by atoms with Gasteiger partial charge in [0, 0.05) is 6.04 Å². The number of carbonyl (C=O) groups is 1. The third kappa shape index (κ3) is 5.83. The lowest BCUT2D eigenvalue weighted by molar-refractivity contribution is -0.137. The number of alkyl halides is 3. The third-order valence-electron chi connectivity index (χ3n) is 4.18. The highest BCUT2D eigenvalue weighted by Crippen LogP contribution is 2.36. The van der Waals surface area contributed by atoms with Crippen LogP contribution in [0.25, 0.3) is 0 Å². The second kappa shape index (κ2) is 8.92. The molecule has 1 heterocycles. The molecule has 2 N–H and O–H groups in total. The van der Waals surface area contributed by atoms with Crippen LogP contribution < -0.4 is 10.6 Å². The summed E-state index contributed by atoms with van der Waals surface area (Å²) in [5, 5.41) is 13.7. The lowest BCUT2D eigenvalue weighted by Crippen LogP contribution is -2.37. The SMILES string of the molecule is O=C(CSc1nnc(Nc2ccccc2C(F)(F)F)s1)NC1CCCCC1. The fourth-order valence-electron chi connectivity index (χ4n) is 2.92. The van der Waals surface area contributed by atoms with Crippen LogP contribution in [-0.4, -0.2) is 27.9 Å². The summed E-state index contributed by atoms with van der Waals surface area (Å²) in [7, 11) is 0. The van der Waals surface area contributed by atoms with Crippen LogP contribution in [0.3, 0.4) is 0 Å². The first-order valence-electron chi connectivity index (χ1n) is 8.61. The number of amides is 1. The first-order valence-corrected chi connectivity index (χ1v) is 10.4. The molecule has 1 fully saturated rings. The van der Waals surface area contributed by atoms with Gasteiger partial charge in [-0.25, -0.2) is 0 Å². The minimum absolute atomic E-state index is 0.0565. The van der Waals surface area contributed by atoms with Gasteiger partial charge in [-0.2, -0.15) is 13.2 Å². The Bertz CT molecular complexity index is 776. The topological polar surface area (TPSA) is 66.9 Å². The maximum Gasteiger partial charge on any atom is 0.418 e.